The third kappa shape index (κ3) is 3.95. The monoisotopic (exact) mass is 334 g/mol. The van der Waals surface area contributed by atoms with E-state index in [4.69, 9.17) is 0 Å². The van der Waals surface area contributed by atoms with E-state index >= 15 is 0 Å². The van der Waals surface area contributed by atoms with Gasteiger partial charge in [0, 0.05) is 38.3 Å². The highest BCUT2D eigenvalue weighted by atomic mass is 19.1. The highest BCUT2D eigenvalue weighted by Gasteiger charge is 2.34. The maximum atomic E-state index is 13.1. The zero-order valence-corrected chi connectivity index (χ0v) is 14.3. The summed E-state index contributed by atoms with van der Waals surface area (Å²) in [7, 11) is 1.86. The fourth-order valence-electron chi connectivity index (χ4n) is 4.01. The second-order valence-corrected chi connectivity index (χ2v) is 7.26. The van der Waals surface area contributed by atoms with E-state index in [2.05, 4.69) is 4.90 Å². The molecule has 0 bridgehead atoms. The second kappa shape index (κ2) is 7.62. The van der Waals surface area contributed by atoms with Crippen molar-refractivity contribution in [1.29, 1.82) is 0 Å². The average Bonchev–Trinajstić information content (AvgIpc) is 2.58. The molecule has 2 aliphatic rings. The number of rotatable bonds is 5. The summed E-state index contributed by atoms with van der Waals surface area (Å²) in [5.41, 5.74) is 0.531. The van der Waals surface area contributed by atoms with E-state index in [1.165, 1.54) is 31.4 Å². The molecular weight excluding hydrogens is 307 g/mol. The number of halogens is 1. The molecule has 1 aliphatic heterocycles. The number of nitrogens with zero attached hydrogens (tertiary/aromatic N) is 2. The molecule has 1 unspecified atom stereocenters. The molecule has 1 atom stereocenters. The van der Waals surface area contributed by atoms with Gasteiger partial charge < -0.3 is 10.0 Å². The normalized spacial score (nSPS) is 21.3. The molecule has 24 heavy (non-hydrogen) atoms. The van der Waals surface area contributed by atoms with Gasteiger partial charge in [0.15, 0.2) is 0 Å². The van der Waals surface area contributed by atoms with Gasteiger partial charge in [-0.05, 0) is 43.0 Å². The van der Waals surface area contributed by atoms with Gasteiger partial charge in [0.2, 0.25) is 0 Å². The quantitative estimate of drug-likeness (QED) is 0.900. The van der Waals surface area contributed by atoms with E-state index in [1.807, 2.05) is 11.9 Å². The Labute approximate surface area is 143 Å². The number of aliphatic hydroxyl groups is 1. The molecule has 1 saturated carbocycles. The Morgan fingerprint density at radius 2 is 1.88 bits per heavy atom. The number of hydrogen-bond acceptors (Lipinski definition) is 3. The minimum Gasteiger partial charge on any atom is -0.390 e. The van der Waals surface area contributed by atoms with Crippen LogP contribution in [0.1, 0.15) is 42.5 Å². The van der Waals surface area contributed by atoms with Gasteiger partial charge in [-0.3, -0.25) is 9.69 Å². The average molecular weight is 334 g/mol. The minimum absolute atomic E-state index is 0.0494. The molecule has 0 aromatic heterocycles. The van der Waals surface area contributed by atoms with Gasteiger partial charge >= 0.3 is 0 Å². The molecule has 1 aromatic rings. The molecule has 0 spiro atoms. The summed E-state index contributed by atoms with van der Waals surface area (Å²) in [5.74, 6) is 0.130. The molecule has 1 amide bonds. The van der Waals surface area contributed by atoms with Crippen molar-refractivity contribution in [1.82, 2.24) is 9.80 Å². The van der Waals surface area contributed by atoms with Gasteiger partial charge in [0.1, 0.15) is 5.82 Å². The lowest BCUT2D eigenvalue weighted by Crippen LogP contribution is -2.57. The number of aliphatic hydroxyl groups excluding tert-OH is 1. The van der Waals surface area contributed by atoms with Crippen molar-refractivity contribution in [2.24, 2.45) is 5.92 Å². The van der Waals surface area contributed by atoms with E-state index < -0.39 is 0 Å². The van der Waals surface area contributed by atoms with E-state index in [-0.39, 0.29) is 23.9 Å². The largest absolute Gasteiger partial charge is 0.390 e. The van der Waals surface area contributed by atoms with Crippen LogP contribution in [0.5, 0.6) is 0 Å². The molecule has 1 heterocycles. The maximum absolute atomic E-state index is 13.1. The molecule has 3 rings (SSSR count). The van der Waals surface area contributed by atoms with Crippen LogP contribution >= 0.6 is 0 Å². The molecule has 132 valence electrons. The van der Waals surface area contributed by atoms with Gasteiger partial charge in [0.05, 0.1) is 6.10 Å². The van der Waals surface area contributed by atoms with Crippen LogP contribution < -0.4 is 0 Å². The molecule has 2 fully saturated rings. The third-order valence-corrected chi connectivity index (χ3v) is 5.49. The van der Waals surface area contributed by atoms with E-state index in [0.717, 1.165) is 19.4 Å². The molecule has 5 heteroatoms. The molecule has 0 radical (unpaired) electrons. The van der Waals surface area contributed by atoms with E-state index in [0.29, 0.717) is 24.6 Å². The van der Waals surface area contributed by atoms with Crippen molar-refractivity contribution in [2.75, 3.05) is 26.7 Å². The van der Waals surface area contributed by atoms with Crippen LogP contribution in [0.3, 0.4) is 0 Å². The molecule has 1 aromatic carbocycles. The van der Waals surface area contributed by atoms with Gasteiger partial charge in [-0.25, -0.2) is 4.39 Å². The first kappa shape index (κ1) is 17.4. The number of benzene rings is 1. The standard InChI is InChI=1S/C19H27FN2O2/c1-21(19(24)15-7-9-16(20)10-8-15)18(13-22-11-17(23)12-22)14-5-3-2-4-6-14/h7-10,14,17-18,23H,2-6,11-13H2,1H3. The van der Waals surface area contributed by atoms with Crippen molar-refractivity contribution in [3.05, 3.63) is 35.6 Å². The Kier molecular flexibility index (Phi) is 5.51. The molecule has 1 N–H and O–H groups in total. The number of carbonyl (C=O) groups excluding carboxylic acids is 1. The first-order valence-corrected chi connectivity index (χ1v) is 8.97. The lowest BCUT2D eigenvalue weighted by atomic mass is 9.82. The summed E-state index contributed by atoms with van der Waals surface area (Å²) in [4.78, 5) is 16.9. The third-order valence-electron chi connectivity index (χ3n) is 5.49. The fraction of sp³-hybridized carbons (Fsp3) is 0.632. The van der Waals surface area contributed by atoms with Crippen LogP contribution in [0.2, 0.25) is 0 Å². The minimum atomic E-state index is -0.326. The predicted molar refractivity (Wildman–Crippen MR) is 91.3 cm³/mol. The summed E-state index contributed by atoms with van der Waals surface area (Å²) in [5, 5.41) is 9.54. The zero-order valence-electron chi connectivity index (χ0n) is 14.3. The lowest BCUT2D eigenvalue weighted by Gasteiger charge is -2.44. The molecule has 1 aliphatic carbocycles. The zero-order chi connectivity index (χ0) is 17.1. The van der Waals surface area contributed by atoms with Gasteiger partial charge in [0.25, 0.3) is 5.91 Å². The Hall–Kier alpha value is -1.46. The van der Waals surface area contributed by atoms with Crippen LogP contribution in [0.25, 0.3) is 0 Å². The number of likely N-dealkylation sites (tertiary alicyclic amines) is 1. The molecular formula is C19H27FN2O2. The van der Waals surface area contributed by atoms with Crippen LogP contribution in [0, 0.1) is 11.7 Å². The Bertz CT molecular complexity index is 551. The number of β-amino-alcohol motifs (C(OH)–C–C–N with tert-alkyl or cyclic N) is 1. The first-order chi connectivity index (χ1) is 11.5. The van der Waals surface area contributed by atoms with E-state index in [1.54, 1.807) is 12.1 Å². The highest BCUT2D eigenvalue weighted by Crippen LogP contribution is 2.30. The predicted octanol–water partition coefficient (Wildman–Crippen LogP) is 2.52. The van der Waals surface area contributed by atoms with Crippen LogP contribution in [-0.4, -0.2) is 59.6 Å². The number of amides is 1. The van der Waals surface area contributed by atoms with Gasteiger partial charge in [-0.15, -0.1) is 0 Å². The number of hydrogen-bond donors (Lipinski definition) is 1. The van der Waals surface area contributed by atoms with Crippen LogP contribution in [-0.2, 0) is 0 Å². The van der Waals surface area contributed by atoms with Crippen molar-refractivity contribution >= 4 is 5.91 Å². The summed E-state index contributed by atoms with van der Waals surface area (Å²) < 4.78 is 13.1. The Morgan fingerprint density at radius 1 is 1.25 bits per heavy atom. The number of carbonyl (C=O) groups is 1. The highest BCUT2D eigenvalue weighted by molar-refractivity contribution is 5.94. The summed E-state index contributed by atoms with van der Waals surface area (Å²) in [6.45, 7) is 2.20. The summed E-state index contributed by atoms with van der Waals surface area (Å²) >= 11 is 0. The number of likely N-dealkylation sites (N-methyl/N-ethyl adjacent to an activating group) is 1. The van der Waals surface area contributed by atoms with Crippen molar-refractivity contribution in [3.63, 3.8) is 0 Å². The van der Waals surface area contributed by atoms with Crippen molar-refractivity contribution < 1.29 is 14.3 Å². The van der Waals surface area contributed by atoms with Crippen LogP contribution in [0.4, 0.5) is 4.39 Å². The fourth-order valence-corrected chi connectivity index (χ4v) is 4.01. The topological polar surface area (TPSA) is 43.8 Å². The van der Waals surface area contributed by atoms with E-state index in [9.17, 15) is 14.3 Å². The molecule has 1 saturated heterocycles. The first-order valence-electron chi connectivity index (χ1n) is 8.97. The molecule has 4 nitrogen and oxygen atoms in total. The smallest absolute Gasteiger partial charge is 0.253 e. The van der Waals surface area contributed by atoms with Gasteiger partial charge in [-0.2, -0.15) is 0 Å². The maximum Gasteiger partial charge on any atom is 0.253 e. The lowest BCUT2D eigenvalue weighted by molar-refractivity contribution is -0.0191. The van der Waals surface area contributed by atoms with Gasteiger partial charge in [-0.1, -0.05) is 19.3 Å². The SMILES string of the molecule is CN(C(=O)c1ccc(F)cc1)C(CN1CC(O)C1)C1CCCCC1. The van der Waals surface area contributed by atoms with Crippen molar-refractivity contribution in [3.8, 4) is 0 Å². The second-order valence-electron chi connectivity index (χ2n) is 7.26. The van der Waals surface area contributed by atoms with Crippen LogP contribution in [0.15, 0.2) is 24.3 Å². The Morgan fingerprint density at radius 3 is 2.46 bits per heavy atom. The summed E-state index contributed by atoms with van der Waals surface area (Å²) in [6, 6.07) is 5.93. The summed E-state index contributed by atoms with van der Waals surface area (Å²) in [6.07, 6.45) is 5.81. The van der Waals surface area contributed by atoms with Crippen molar-refractivity contribution in [2.45, 2.75) is 44.2 Å². The Balaban J connectivity index is 1.72.